The Bertz CT molecular complexity index is 684. The molecule has 0 radical (unpaired) electrons. The van der Waals surface area contributed by atoms with Gasteiger partial charge in [0, 0.05) is 6.07 Å². The summed E-state index contributed by atoms with van der Waals surface area (Å²) in [4.78, 5) is 12.5. The number of carbonyl (C=O) groups is 1. The van der Waals surface area contributed by atoms with Gasteiger partial charge >= 0.3 is 0 Å². The van der Waals surface area contributed by atoms with E-state index in [2.05, 4.69) is 5.32 Å². The molecule has 0 aliphatic carbocycles. The average molecular weight is 343 g/mol. The summed E-state index contributed by atoms with van der Waals surface area (Å²) in [6.07, 6.45) is 0.00561. The van der Waals surface area contributed by atoms with Crippen LogP contribution in [0, 0.1) is 0 Å². The van der Waals surface area contributed by atoms with E-state index in [-0.39, 0.29) is 11.9 Å². The number of hydrogen-bond acceptors (Lipinski definition) is 4. The zero-order valence-electron chi connectivity index (χ0n) is 15.1. The first-order valence-electron chi connectivity index (χ1n) is 8.32. The molecule has 0 aliphatic rings. The van der Waals surface area contributed by atoms with Crippen LogP contribution in [-0.2, 0) is 4.79 Å². The SMILES string of the molecule is CC[C@@H](Oc1cccc(OC)c1)C(=O)N[C@H](C)c1ccc(OC)cc1. The van der Waals surface area contributed by atoms with Gasteiger partial charge in [-0.2, -0.15) is 0 Å². The van der Waals surface area contributed by atoms with Gasteiger partial charge in [-0.05, 0) is 43.2 Å². The topological polar surface area (TPSA) is 56.8 Å². The lowest BCUT2D eigenvalue weighted by Gasteiger charge is -2.21. The van der Waals surface area contributed by atoms with E-state index in [4.69, 9.17) is 14.2 Å². The van der Waals surface area contributed by atoms with E-state index in [1.54, 1.807) is 20.3 Å². The van der Waals surface area contributed by atoms with Gasteiger partial charge in [0.15, 0.2) is 6.10 Å². The Morgan fingerprint density at radius 1 is 1.00 bits per heavy atom. The molecular weight excluding hydrogens is 318 g/mol. The minimum atomic E-state index is -0.562. The summed E-state index contributed by atoms with van der Waals surface area (Å²) in [7, 11) is 3.22. The van der Waals surface area contributed by atoms with Crippen LogP contribution in [0.2, 0.25) is 0 Å². The Labute approximate surface area is 148 Å². The smallest absolute Gasteiger partial charge is 0.261 e. The molecule has 0 spiro atoms. The molecule has 2 rings (SSSR count). The molecule has 0 bridgehead atoms. The van der Waals surface area contributed by atoms with Crippen molar-refractivity contribution in [2.45, 2.75) is 32.4 Å². The lowest BCUT2D eigenvalue weighted by atomic mass is 10.1. The van der Waals surface area contributed by atoms with Crippen LogP contribution in [0.4, 0.5) is 0 Å². The fourth-order valence-corrected chi connectivity index (χ4v) is 2.44. The molecule has 2 aromatic carbocycles. The molecule has 0 aromatic heterocycles. The second-order valence-corrected chi connectivity index (χ2v) is 5.70. The molecule has 1 amide bonds. The summed E-state index contributed by atoms with van der Waals surface area (Å²) >= 11 is 0. The van der Waals surface area contributed by atoms with E-state index < -0.39 is 6.10 Å². The van der Waals surface area contributed by atoms with E-state index in [1.807, 2.05) is 56.3 Å². The van der Waals surface area contributed by atoms with Crippen LogP contribution in [0.1, 0.15) is 31.9 Å². The van der Waals surface area contributed by atoms with Crippen molar-refractivity contribution < 1.29 is 19.0 Å². The van der Waals surface area contributed by atoms with Crippen LogP contribution < -0.4 is 19.5 Å². The highest BCUT2D eigenvalue weighted by Crippen LogP contribution is 2.21. The quantitative estimate of drug-likeness (QED) is 0.793. The van der Waals surface area contributed by atoms with E-state index in [9.17, 15) is 4.79 Å². The molecule has 0 fully saturated rings. The largest absolute Gasteiger partial charge is 0.497 e. The standard InChI is InChI=1S/C20H25NO4/c1-5-19(25-18-8-6-7-17(13-18)24-4)20(22)21-14(2)15-9-11-16(23-3)12-10-15/h6-14,19H,5H2,1-4H3,(H,21,22)/t14-,19-/m1/s1. The number of amides is 1. The zero-order chi connectivity index (χ0) is 18.2. The first-order valence-corrected chi connectivity index (χ1v) is 8.32. The van der Waals surface area contributed by atoms with Gasteiger partial charge in [0.25, 0.3) is 5.91 Å². The number of carbonyl (C=O) groups excluding carboxylic acids is 1. The molecule has 134 valence electrons. The minimum Gasteiger partial charge on any atom is -0.497 e. The molecule has 0 heterocycles. The lowest BCUT2D eigenvalue weighted by Crippen LogP contribution is -2.39. The fraction of sp³-hybridized carbons (Fsp3) is 0.350. The van der Waals surface area contributed by atoms with Crippen molar-refractivity contribution in [2.24, 2.45) is 0 Å². The lowest BCUT2D eigenvalue weighted by molar-refractivity contribution is -0.128. The summed E-state index contributed by atoms with van der Waals surface area (Å²) in [6.45, 7) is 3.86. The zero-order valence-corrected chi connectivity index (χ0v) is 15.1. The van der Waals surface area contributed by atoms with Crippen molar-refractivity contribution >= 4 is 5.91 Å². The normalized spacial score (nSPS) is 12.8. The van der Waals surface area contributed by atoms with E-state index in [1.165, 1.54) is 0 Å². The number of rotatable bonds is 8. The molecule has 0 saturated heterocycles. The van der Waals surface area contributed by atoms with Crippen LogP contribution in [0.15, 0.2) is 48.5 Å². The second-order valence-electron chi connectivity index (χ2n) is 5.70. The molecule has 5 heteroatoms. The predicted octanol–water partition coefficient (Wildman–Crippen LogP) is 3.74. The third kappa shape index (κ3) is 5.14. The Kier molecular flexibility index (Phi) is 6.69. The maximum Gasteiger partial charge on any atom is 0.261 e. The van der Waals surface area contributed by atoms with Gasteiger partial charge < -0.3 is 19.5 Å². The van der Waals surface area contributed by atoms with Gasteiger partial charge in [0.05, 0.1) is 20.3 Å². The third-order valence-electron chi connectivity index (χ3n) is 3.96. The molecule has 0 aliphatic heterocycles. The summed E-state index contributed by atoms with van der Waals surface area (Å²) in [6, 6.07) is 14.7. The summed E-state index contributed by atoms with van der Waals surface area (Å²) in [5, 5.41) is 3.00. The molecule has 2 atom stereocenters. The second kappa shape index (κ2) is 8.97. The number of benzene rings is 2. The van der Waals surface area contributed by atoms with Crippen LogP contribution in [0.3, 0.4) is 0 Å². The van der Waals surface area contributed by atoms with Gasteiger partial charge in [0.1, 0.15) is 17.2 Å². The average Bonchev–Trinajstić information content (AvgIpc) is 2.66. The van der Waals surface area contributed by atoms with Crippen LogP contribution in [0.25, 0.3) is 0 Å². The highest BCUT2D eigenvalue weighted by atomic mass is 16.5. The summed E-state index contributed by atoms with van der Waals surface area (Å²) in [5.41, 5.74) is 1.00. The number of ether oxygens (including phenoxy) is 3. The van der Waals surface area contributed by atoms with Gasteiger partial charge in [-0.3, -0.25) is 4.79 Å². The molecule has 5 nitrogen and oxygen atoms in total. The molecule has 0 saturated carbocycles. The Hall–Kier alpha value is -2.69. The van der Waals surface area contributed by atoms with Crippen molar-refractivity contribution in [3.63, 3.8) is 0 Å². The third-order valence-corrected chi connectivity index (χ3v) is 3.96. The molecule has 25 heavy (non-hydrogen) atoms. The van der Waals surface area contributed by atoms with Crippen LogP contribution in [0.5, 0.6) is 17.2 Å². The van der Waals surface area contributed by atoms with Gasteiger partial charge in [-0.25, -0.2) is 0 Å². The van der Waals surface area contributed by atoms with Gasteiger partial charge in [0.2, 0.25) is 0 Å². The van der Waals surface area contributed by atoms with Crippen molar-refractivity contribution in [1.29, 1.82) is 0 Å². The van der Waals surface area contributed by atoms with Gasteiger partial charge in [-0.1, -0.05) is 25.1 Å². The molecular formula is C20H25NO4. The van der Waals surface area contributed by atoms with E-state index in [0.717, 1.165) is 11.3 Å². The van der Waals surface area contributed by atoms with E-state index >= 15 is 0 Å². The highest BCUT2D eigenvalue weighted by Gasteiger charge is 2.21. The highest BCUT2D eigenvalue weighted by molar-refractivity contribution is 5.81. The summed E-state index contributed by atoms with van der Waals surface area (Å²) < 4.78 is 16.2. The van der Waals surface area contributed by atoms with Gasteiger partial charge in [-0.15, -0.1) is 0 Å². The van der Waals surface area contributed by atoms with E-state index in [0.29, 0.717) is 17.9 Å². The predicted molar refractivity (Wildman–Crippen MR) is 97.3 cm³/mol. The number of nitrogens with one attached hydrogen (secondary N) is 1. The fourth-order valence-electron chi connectivity index (χ4n) is 2.44. The number of methoxy groups -OCH3 is 2. The van der Waals surface area contributed by atoms with Crippen molar-refractivity contribution in [1.82, 2.24) is 5.32 Å². The summed E-state index contributed by atoms with van der Waals surface area (Å²) in [5.74, 6) is 1.95. The monoisotopic (exact) mass is 343 g/mol. The Morgan fingerprint density at radius 2 is 1.64 bits per heavy atom. The first-order chi connectivity index (χ1) is 12.1. The van der Waals surface area contributed by atoms with Crippen LogP contribution >= 0.6 is 0 Å². The number of hydrogen-bond donors (Lipinski definition) is 1. The maximum atomic E-state index is 12.5. The van der Waals surface area contributed by atoms with Crippen molar-refractivity contribution in [3.8, 4) is 17.2 Å². The minimum absolute atomic E-state index is 0.124. The molecule has 1 N–H and O–H groups in total. The maximum absolute atomic E-state index is 12.5. The van der Waals surface area contributed by atoms with Crippen LogP contribution in [-0.4, -0.2) is 26.2 Å². The molecule has 2 aromatic rings. The Morgan fingerprint density at radius 3 is 2.24 bits per heavy atom. The van der Waals surface area contributed by atoms with Crippen molar-refractivity contribution in [2.75, 3.05) is 14.2 Å². The Balaban J connectivity index is 2.00. The first kappa shape index (κ1) is 18.6. The molecule has 0 unspecified atom stereocenters. The van der Waals surface area contributed by atoms with Crippen molar-refractivity contribution in [3.05, 3.63) is 54.1 Å².